The van der Waals surface area contributed by atoms with Gasteiger partial charge in [-0.3, -0.25) is 9.69 Å². The highest BCUT2D eigenvalue weighted by Crippen LogP contribution is 2.40. The second-order valence-corrected chi connectivity index (χ2v) is 8.87. The lowest BCUT2D eigenvalue weighted by molar-refractivity contribution is -0.143. The Balaban J connectivity index is 1.60. The van der Waals surface area contributed by atoms with E-state index in [-0.39, 0.29) is 17.4 Å². The highest BCUT2D eigenvalue weighted by Gasteiger charge is 2.47. The molecule has 1 spiro atoms. The highest BCUT2D eigenvalue weighted by molar-refractivity contribution is 5.76. The Hall–Kier alpha value is -0.690. The summed E-state index contributed by atoms with van der Waals surface area (Å²) >= 11 is 0. The lowest BCUT2D eigenvalue weighted by Gasteiger charge is -2.53. The van der Waals surface area contributed by atoms with E-state index in [2.05, 4.69) is 16.7 Å². The smallest absolute Gasteiger partial charge is 0.224 e. The molecule has 0 bridgehead atoms. The molecule has 3 fully saturated rings. The van der Waals surface area contributed by atoms with Gasteiger partial charge in [-0.2, -0.15) is 0 Å². The number of likely N-dealkylation sites (tertiary alicyclic amines) is 3. The number of aliphatic hydroxyl groups is 1. The Labute approximate surface area is 164 Å². The van der Waals surface area contributed by atoms with Gasteiger partial charge in [0, 0.05) is 44.7 Å². The molecular formula is C21H39N3O3. The number of hydrogen-bond donors (Lipinski definition) is 1. The van der Waals surface area contributed by atoms with Crippen LogP contribution in [0.2, 0.25) is 0 Å². The molecule has 3 heterocycles. The van der Waals surface area contributed by atoms with Crippen molar-refractivity contribution in [3.05, 3.63) is 0 Å². The van der Waals surface area contributed by atoms with Gasteiger partial charge in [-0.05, 0) is 58.2 Å². The average molecular weight is 382 g/mol. The summed E-state index contributed by atoms with van der Waals surface area (Å²) in [5.41, 5.74) is -0.139. The lowest BCUT2D eigenvalue weighted by Crippen LogP contribution is -2.62. The summed E-state index contributed by atoms with van der Waals surface area (Å²) in [5.74, 6) is 0.174. The number of amides is 1. The number of carbonyl (C=O) groups is 1. The summed E-state index contributed by atoms with van der Waals surface area (Å²) in [6.45, 7) is 9.83. The SMILES string of the molecule is CCCN1CCC(N2CC[C@@H](O)[C@]3(CCCN(C(=O)CCOC)C3)C2)CC1. The molecule has 0 radical (unpaired) electrons. The van der Waals surface area contributed by atoms with Crippen molar-refractivity contribution in [2.24, 2.45) is 5.41 Å². The Morgan fingerprint density at radius 1 is 1.15 bits per heavy atom. The van der Waals surface area contributed by atoms with Crippen molar-refractivity contribution in [3.8, 4) is 0 Å². The first-order valence-corrected chi connectivity index (χ1v) is 11.0. The molecule has 1 N–H and O–H groups in total. The van der Waals surface area contributed by atoms with Gasteiger partial charge in [-0.1, -0.05) is 6.92 Å². The number of nitrogens with zero attached hydrogens (tertiary/aromatic N) is 3. The topological polar surface area (TPSA) is 56.2 Å². The molecule has 3 aliphatic heterocycles. The van der Waals surface area contributed by atoms with Crippen LogP contribution in [0.4, 0.5) is 0 Å². The van der Waals surface area contributed by atoms with Gasteiger partial charge in [0.05, 0.1) is 19.1 Å². The normalized spacial score (nSPS) is 31.5. The van der Waals surface area contributed by atoms with E-state index < -0.39 is 0 Å². The molecule has 2 atom stereocenters. The second kappa shape index (κ2) is 9.68. The Morgan fingerprint density at radius 2 is 1.93 bits per heavy atom. The number of piperidine rings is 3. The van der Waals surface area contributed by atoms with Crippen LogP contribution in [0, 0.1) is 5.41 Å². The zero-order chi connectivity index (χ0) is 19.3. The van der Waals surface area contributed by atoms with Gasteiger partial charge in [-0.25, -0.2) is 0 Å². The monoisotopic (exact) mass is 381 g/mol. The molecule has 0 aromatic carbocycles. The summed E-state index contributed by atoms with van der Waals surface area (Å²) in [4.78, 5) is 19.7. The van der Waals surface area contributed by atoms with Crippen LogP contribution >= 0.6 is 0 Å². The van der Waals surface area contributed by atoms with E-state index in [0.29, 0.717) is 25.6 Å². The number of aliphatic hydroxyl groups excluding tert-OH is 1. The van der Waals surface area contributed by atoms with Gasteiger partial charge in [0.25, 0.3) is 0 Å². The number of ether oxygens (including phenoxy) is 1. The molecule has 0 aromatic heterocycles. The summed E-state index contributed by atoms with van der Waals surface area (Å²) in [7, 11) is 1.64. The minimum atomic E-state index is -0.285. The van der Waals surface area contributed by atoms with Crippen LogP contribution in [0.5, 0.6) is 0 Å². The van der Waals surface area contributed by atoms with Crippen LogP contribution in [0.15, 0.2) is 0 Å². The standard InChI is InChI=1S/C21H39N3O3/c1-3-10-22-12-5-18(6-13-22)23-14-7-19(25)21(16-23)9-4-11-24(17-21)20(26)8-15-27-2/h18-19,25H,3-17H2,1-2H3/t19-,21-/m1/s1. The first-order chi connectivity index (χ1) is 13.1. The molecule has 3 aliphatic rings. The number of rotatable bonds is 6. The molecule has 156 valence electrons. The van der Waals surface area contributed by atoms with E-state index in [4.69, 9.17) is 4.74 Å². The van der Waals surface area contributed by atoms with E-state index in [1.807, 2.05) is 4.90 Å². The van der Waals surface area contributed by atoms with Gasteiger partial charge < -0.3 is 19.6 Å². The van der Waals surface area contributed by atoms with Crippen LogP contribution in [0.1, 0.15) is 51.9 Å². The number of hydrogen-bond acceptors (Lipinski definition) is 5. The van der Waals surface area contributed by atoms with Crippen molar-refractivity contribution in [2.45, 2.75) is 64.0 Å². The predicted molar refractivity (Wildman–Crippen MR) is 107 cm³/mol. The van der Waals surface area contributed by atoms with Crippen molar-refractivity contribution in [1.82, 2.24) is 14.7 Å². The summed E-state index contributed by atoms with van der Waals surface area (Å²) in [6, 6.07) is 0.641. The minimum Gasteiger partial charge on any atom is -0.392 e. The molecule has 0 unspecified atom stereocenters. The lowest BCUT2D eigenvalue weighted by atomic mass is 9.71. The van der Waals surface area contributed by atoms with Crippen molar-refractivity contribution in [1.29, 1.82) is 0 Å². The zero-order valence-corrected chi connectivity index (χ0v) is 17.4. The third-order valence-corrected chi connectivity index (χ3v) is 7.01. The first kappa shape index (κ1) is 21.0. The quantitative estimate of drug-likeness (QED) is 0.757. The van der Waals surface area contributed by atoms with Crippen LogP contribution < -0.4 is 0 Å². The average Bonchev–Trinajstić information content (AvgIpc) is 2.69. The van der Waals surface area contributed by atoms with E-state index >= 15 is 0 Å². The molecule has 3 rings (SSSR count). The zero-order valence-electron chi connectivity index (χ0n) is 17.4. The van der Waals surface area contributed by atoms with Gasteiger partial charge in [-0.15, -0.1) is 0 Å². The van der Waals surface area contributed by atoms with Crippen molar-refractivity contribution in [3.63, 3.8) is 0 Å². The molecule has 0 aromatic rings. The second-order valence-electron chi connectivity index (χ2n) is 8.87. The van der Waals surface area contributed by atoms with Crippen LogP contribution in [0.3, 0.4) is 0 Å². The van der Waals surface area contributed by atoms with Crippen molar-refractivity contribution >= 4 is 5.91 Å². The summed E-state index contributed by atoms with van der Waals surface area (Å²) in [6.07, 6.45) is 6.75. The van der Waals surface area contributed by atoms with Crippen molar-refractivity contribution < 1.29 is 14.6 Å². The minimum absolute atomic E-state index is 0.139. The van der Waals surface area contributed by atoms with Crippen LogP contribution in [0.25, 0.3) is 0 Å². The number of carbonyl (C=O) groups excluding carboxylic acids is 1. The maximum atomic E-state index is 12.5. The van der Waals surface area contributed by atoms with Gasteiger partial charge >= 0.3 is 0 Å². The van der Waals surface area contributed by atoms with Gasteiger partial charge in [0.15, 0.2) is 0 Å². The van der Waals surface area contributed by atoms with Gasteiger partial charge in [0.1, 0.15) is 0 Å². The van der Waals surface area contributed by atoms with E-state index in [1.54, 1.807) is 7.11 Å². The third kappa shape index (κ3) is 5.03. The maximum Gasteiger partial charge on any atom is 0.224 e. The fourth-order valence-corrected chi connectivity index (χ4v) is 5.44. The molecule has 27 heavy (non-hydrogen) atoms. The molecule has 0 saturated carbocycles. The number of methoxy groups -OCH3 is 1. The molecular weight excluding hydrogens is 342 g/mol. The maximum absolute atomic E-state index is 12.5. The molecule has 3 saturated heterocycles. The Kier molecular flexibility index (Phi) is 7.54. The van der Waals surface area contributed by atoms with E-state index in [9.17, 15) is 9.90 Å². The largest absolute Gasteiger partial charge is 0.392 e. The van der Waals surface area contributed by atoms with Crippen LogP contribution in [-0.2, 0) is 9.53 Å². The molecule has 6 heteroatoms. The molecule has 6 nitrogen and oxygen atoms in total. The van der Waals surface area contributed by atoms with E-state index in [0.717, 1.165) is 38.9 Å². The van der Waals surface area contributed by atoms with Crippen molar-refractivity contribution in [2.75, 3.05) is 59.5 Å². The fraction of sp³-hybridized carbons (Fsp3) is 0.952. The predicted octanol–water partition coefficient (Wildman–Crippen LogP) is 1.57. The fourth-order valence-electron chi connectivity index (χ4n) is 5.44. The Morgan fingerprint density at radius 3 is 2.63 bits per heavy atom. The first-order valence-electron chi connectivity index (χ1n) is 11.0. The third-order valence-electron chi connectivity index (χ3n) is 7.01. The summed E-state index contributed by atoms with van der Waals surface area (Å²) in [5, 5.41) is 10.9. The molecule has 1 amide bonds. The highest BCUT2D eigenvalue weighted by atomic mass is 16.5. The Bertz CT molecular complexity index is 481. The van der Waals surface area contributed by atoms with Crippen LogP contribution in [-0.4, -0.2) is 97.4 Å². The summed E-state index contributed by atoms with van der Waals surface area (Å²) < 4.78 is 5.07. The molecule has 0 aliphatic carbocycles. The van der Waals surface area contributed by atoms with Gasteiger partial charge in [0.2, 0.25) is 5.91 Å². The van der Waals surface area contributed by atoms with E-state index in [1.165, 1.54) is 38.9 Å².